The third kappa shape index (κ3) is 3.61. The Bertz CT molecular complexity index is 549. The highest BCUT2D eigenvalue weighted by Gasteiger charge is 2.12. The van der Waals surface area contributed by atoms with Gasteiger partial charge in [0, 0.05) is 23.3 Å². The van der Waals surface area contributed by atoms with Crippen LogP contribution < -0.4 is 16.4 Å². The third-order valence-electron chi connectivity index (χ3n) is 3.22. The number of furan rings is 1. The van der Waals surface area contributed by atoms with Gasteiger partial charge in [-0.15, -0.1) is 0 Å². The first-order chi connectivity index (χ1) is 9.56. The van der Waals surface area contributed by atoms with Gasteiger partial charge in [-0.25, -0.2) is 4.79 Å². The summed E-state index contributed by atoms with van der Waals surface area (Å²) in [5.74, 6) is 0. The molecule has 2 aromatic rings. The van der Waals surface area contributed by atoms with Crippen LogP contribution >= 0.6 is 0 Å². The molecule has 0 bridgehead atoms. The summed E-state index contributed by atoms with van der Waals surface area (Å²) in [6.07, 6.45) is 3.41. The fraction of sp³-hybridized carbons (Fsp3) is 0.267. The second kappa shape index (κ2) is 6.25. The van der Waals surface area contributed by atoms with E-state index in [1.165, 1.54) is 0 Å². The molecule has 0 aliphatic carbocycles. The van der Waals surface area contributed by atoms with Crippen molar-refractivity contribution in [3.63, 3.8) is 0 Å². The van der Waals surface area contributed by atoms with Crippen LogP contribution in [0.4, 0.5) is 10.5 Å². The van der Waals surface area contributed by atoms with Gasteiger partial charge in [0.2, 0.25) is 0 Å². The van der Waals surface area contributed by atoms with Gasteiger partial charge in [0.15, 0.2) is 0 Å². The maximum absolute atomic E-state index is 10.8. The van der Waals surface area contributed by atoms with Crippen molar-refractivity contribution in [1.29, 1.82) is 0 Å². The van der Waals surface area contributed by atoms with Crippen LogP contribution in [0.1, 0.15) is 37.1 Å². The van der Waals surface area contributed by atoms with Crippen molar-refractivity contribution in [3.05, 3.63) is 54.0 Å². The van der Waals surface area contributed by atoms with Crippen molar-refractivity contribution in [2.24, 2.45) is 5.73 Å². The van der Waals surface area contributed by atoms with E-state index in [-0.39, 0.29) is 12.1 Å². The fourth-order valence-corrected chi connectivity index (χ4v) is 2.09. The zero-order chi connectivity index (χ0) is 14.5. The molecular formula is C15H19N3O2. The van der Waals surface area contributed by atoms with E-state index in [1.54, 1.807) is 12.5 Å². The summed E-state index contributed by atoms with van der Waals surface area (Å²) in [6, 6.07) is 9.37. The molecule has 5 nitrogen and oxygen atoms in total. The Morgan fingerprint density at radius 1 is 1.10 bits per heavy atom. The minimum absolute atomic E-state index is 0.183. The van der Waals surface area contributed by atoms with Crippen molar-refractivity contribution >= 4 is 11.7 Å². The molecule has 1 aromatic carbocycles. The number of carbonyl (C=O) groups excluding carboxylic acids is 1. The van der Waals surface area contributed by atoms with Gasteiger partial charge in [-0.2, -0.15) is 0 Å². The molecule has 1 aromatic heterocycles. The van der Waals surface area contributed by atoms with E-state index < -0.39 is 6.03 Å². The van der Waals surface area contributed by atoms with Crippen LogP contribution in [0.3, 0.4) is 0 Å². The Morgan fingerprint density at radius 2 is 1.75 bits per heavy atom. The molecule has 0 aliphatic heterocycles. The largest absolute Gasteiger partial charge is 0.472 e. The van der Waals surface area contributed by atoms with Gasteiger partial charge in [0.05, 0.1) is 12.5 Å². The number of hydrogen-bond acceptors (Lipinski definition) is 3. The average molecular weight is 273 g/mol. The molecule has 0 spiro atoms. The molecule has 2 unspecified atom stereocenters. The minimum Gasteiger partial charge on any atom is -0.472 e. The van der Waals surface area contributed by atoms with E-state index in [0.29, 0.717) is 5.69 Å². The van der Waals surface area contributed by atoms with Crippen LogP contribution in [-0.4, -0.2) is 6.03 Å². The summed E-state index contributed by atoms with van der Waals surface area (Å²) in [6.45, 7) is 4.18. The second-order valence-corrected chi connectivity index (χ2v) is 4.78. The number of benzene rings is 1. The van der Waals surface area contributed by atoms with Crippen LogP contribution in [0.5, 0.6) is 0 Å². The number of nitrogens with two attached hydrogens (primary N) is 1. The van der Waals surface area contributed by atoms with Gasteiger partial charge in [-0.05, 0) is 37.6 Å². The zero-order valence-electron chi connectivity index (χ0n) is 11.6. The molecule has 106 valence electrons. The standard InChI is InChI=1S/C15H19N3O2/c1-10(17-11(2)13-7-8-20-9-13)12-3-5-14(6-4-12)18-15(16)19/h3-11,17H,1-2H3,(H3,16,18,19). The first-order valence-corrected chi connectivity index (χ1v) is 6.51. The zero-order valence-corrected chi connectivity index (χ0v) is 11.6. The fourth-order valence-electron chi connectivity index (χ4n) is 2.09. The number of amides is 2. The lowest BCUT2D eigenvalue weighted by atomic mass is 10.1. The molecule has 0 radical (unpaired) electrons. The summed E-state index contributed by atoms with van der Waals surface area (Å²) in [5.41, 5.74) is 8.01. The summed E-state index contributed by atoms with van der Waals surface area (Å²) in [4.78, 5) is 10.8. The molecule has 5 heteroatoms. The lowest BCUT2D eigenvalue weighted by molar-refractivity contribution is 0.259. The van der Waals surface area contributed by atoms with Crippen LogP contribution in [-0.2, 0) is 0 Å². The Morgan fingerprint density at radius 3 is 2.30 bits per heavy atom. The molecule has 2 rings (SSSR count). The maximum atomic E-state index is 10.8. The molecule has 2 amide bonds. The number of carbonyl (C=O) groups is 1. The van der Waals surface area contributed by atoms with E-state index in [4.69, 9.17) is 10.2 Å². The molecule has 0 saturated heterocycles. The number of hydrogen-bond donors (Lipinski definition) is 3. The highest BCUT2D eigenvalue weighted by atomic mass is 16.3. The quantitative estimate of drug-likeness (QED) is 0.782. The van der Waals surface area contributed by atoms with E-state index in [0.717, 1.165) is 11.1 Å². The SMILES string of the molecule is CC(NC(C)c1ccoc1)c1ccc(NC(N)=O)cc1. The van der Waals surface area contributed by atoms with Gasteiger partial charge in [-0.1, -0.05) is 12.1 Å². The van der Waals surface area contributed by atoms with Crippen molar-refractivity contribution in [1.82, 2.24) is 5.32 Å². The second-order valence-electron chi connectivity index (χ2n) is 4.78. The topological polar surface area (TPSA) is 80.3 Å². The molecule has 2 atom stereocenters. The summed E-state index contributed by atoms with van der Waals surface area (Å²) in [7, 11) is 0. The molecule has 20 heavy (non-hydrogen) atoms. The molecule has 0 fully saturated rings. The minimum atomic E-state index is -0.558. The molecular weight excluding hydrogens is 254 g/mol. The van der Waals surface area contributed by atoms with E-state index >= 15 is 0 Å². The normalized spacial score (nSPS) is 13.7. The average Bonchev–Trinajstić information content (AvgIpc) is 2.92. The Kier molecular flexibility index (Phi) is 4.42. The number of primary amides is 1. The van der Waals surface area contributed by atoms with E-state index in [2.05, 4.69) is 24.5 Å². The molecule has 1 heterocycles. The highest BCUT2D eigenvalue weighted by Crippen LogP contribution is 2.21. The Labute approximate surface area is 118 Å². The van der Waals surface area contributed by atoms with Gasteiger partial charge in [0.25, 0.3) is 0 Å². The van der Waals surface area contributed by atoms with E-state index in [1.807, 2.05) is 30.3 Å². The molecule has 0 saturated carbocycles. The van der Waals surface area contributed by atoms with Crippen LogP contribution in [0, 0.1) is 0 Å². The number of urea groups is 1. The molecule has 0 aliphatic rings. The number of rotatable bonds is 5. The monoisotopic (exact) mass is 273 g/mol. The van der Waals surface area contributed by atoms with Gasteiger partial charge in [0.1, 0.15) is 0 Å². The first kappa shape index (κ1) is 14.1. The Hall–Kier alpha value is -2.27. The van der Waals surface area contributed by atoms with E-state index in [9.17, 15) is 4.79 Å². The predicted molar refractivity (Wildman–Crippen MR) is 78.3 cm³/mol. The predicted octanol–water partition coefficient (Wildman–Crippen LogP) is 3.18. The van der Waals surface area contributed by atoms with Crippen LogP contribution in [0.25, 0.3) is 0 Å². The Balaban J connectivity index is 1.98. The number of nitrogens with one attached hydrogen (secondary N) is 2. The van der Waals surface area contributed by atoms with Gasteiger partial charge >= 0.3 is 6.03 Å². The lowest BCUT2D eigenvalue weighted by Crippen LogP contribution is -2.22. The van der Waals surface area contributed by atoms with Crippen molar-refractivity contribution in [2.75, 3.05) is 5.32 Å². The van der Waals surface area contributed by atoms with Gasteiger partial charge < -0.3 is 20.8 Å². The third-order valence-corrected chi connectivity index (χ3v) is 3.22. The highest BCUT2D eigenvalue weighted by molar-refractivity contribution is 5.87. The summed E-state index contributed by atoms with van der Waals surface area (Å²) < 4.78 is 5.08. The van der Waals surface area contributed by atoms with Crippen molar-refractivity contribution in [2.45, 2.75) is 25.9 Å². The van der Waals surface area contributed by atoms with Crippen LogP contribution in [0.15, 0.2) is 47.3 Å². The van der Waals surface area contributed by atoms with Crippen molar-refractivity contribution in [3.8, 4) is 0 Å². The van der Waals surface area contributed by atoms with Crippen molar-refractivity contribution < 1.29 is 9.21 Å². The van der Waals surface area contributed by atoms with Gasteiger partial charge in [-0.3, -0.25) is 0 Å². The summed E-state index contributed by atoms with van der Waals surface area (Å²) in [5, 5.41) is 6.03. The molecule has 4 N–H and O–H groups in total. The maximum Gasteiger partial charge on any atom is 0.316 e. The smallest absolute Gasteiger partial charge is 0.316 e. The summed E-state index contributed by atoms with van der Waals surface area (Å²) >= 11 is 0. The number of anilines is 1. The van der Waals surface area contributed by atoms with Crippen LogP contribution in [0.2, 0.25) is 0 Å². The first-order valence-electron chi connectivity index (χ1n) is 6.51. The lowest BCUT2D eigenvalue weighted by Gasteiger charge is -2.19.